The number of hydrogen-bond acceptors (Lipinski definition) is 2. The van der Waals surface area contributed by atoms with Gasteiger partial charge in [0.2, 0.25) is 0 Å². The minimum absolute atomic E-state index is 0.149. The highest BCUT2D eigenvalue weighted by atomic mass is 19.4. The van der Waals surface area contributed by atoms with Crippen LogP contribution in [0.4, 0.5) is 13.2 Å². The number of nitriles is 1. The molecule has 1 unspecified atom stereocenters. The van der Waals surface area contributed by atoms with Crippen molar-refractivity contribution in [3.63, 3.8) is 0 Å². The lowest BCUT2D eigenvalue weighted by molar-refractivity contribution is -0.180. The molecule has 0 saturated heterocycles. The molecule has 2 N–H and O–H groups in total. The van der Waals surface area contributed by atoms with E-state index in [0.717, 1.165) is 5.56 Å². The third-order valence-electron chi connectivity index (χ3n) is 5.96. The molecule has 0 saturated carbocycles. The average Bonchev–Trinajstić information content (AvgIpc) is 3.35. The maximum absolute atomic E-state index is 14.9. The molecule has 0 bridgehead atoms. The molecule has 1 atom stereocenters. The van der Waals surface area contributed by atoms with Crippen molar-refractivity contribution in [3.8, 4) is 6.07 Å². The number of halogens is 3. The Morgan fingerprint density at radius 1 is 1.13 bits per heavy atom. The summed E-state index contributed by atoms with van der Waals surface area (Å²) in [5.74, 6) is -0.149. The molecule has 7 heteroatoms. The molecule has 0 aliphatic carbocycles. The number of aromatic amines is 2. The highest BCUT2D eigenvalue weighted by molar-refractivity contribution is 5.89. The molecule has 30 heavy (non-hydrogen) atoms. The SMILES string of the molecule is CCc1cc(C)c2[nH]ccc2c1C(CC)(c1nc2ccc(C#N)cc2[nH]1)C(F)(F)F. The molecule has 2 aromatic carbocycles. The topological polar surface area (TPSA) is 68.3 Å². The summed E-state index contributed by atoms with van der Waals surface area (Å²) in [4.78, 5) is 10.4. The fourth-order valence-corrected chi connectivity index (χ4v) is 4.49. The van der Waals surface area contributed by atoms with Crippen LogP contribution in [-0.4, -0.2) is 21.1 Å². The van der Waals surface area contributed by atoms with E-state index in [9.17, 15) is 13.2 Å². The first kappa shape index (κ1) is 20.0. The normalized spacial score (nSPS) is 14.2. The number of nitrogens with one attached hydrogen (secondary N) is 2. The van der Waals surface area contributed by atoms with Crippen LogP contribution in [0, 0.1) is 18.3 Å². The van der Waals surface area contributed by atoms with Gasteiger partial charge in [0.25, 0.3) is 0 Å². The Kier molecular flexibility index (Phi) is 4.61. The number of aromatic nitrogens is 3. The zero-order valence-electron chi connectivity index (χ0n) is 16.9. The highest BCUT2D eigenvalue weighted by Gasteiger charge is 2.59. The Bertz CT molecular complexity index is 1290. The van der Waals surface area contributed by atoms with Crippen molar-refractivity contribution in [3.05, 3.63) is 64.6 Å². The minimum Gasteiger partial charge on any atom is -0.361 e. The largest absolute Gasteiger partial charge is 0.405 e. The molecule has 2 aromatic heterocycles. The molecule has 2 heterocycles. The number of imidazole rings is 1. The Balaban J connectivity index is 2.13. The van der Waals surface area contributed by atoms with Crippen LogP contribution < -0.4 is 0 Å². The minimum atomic E-state index is -4.59. The molecule has 0 radical (unpaired) electrons. The van der Waals surface area contributed by atoms with Gasteiger partial charge in [0.05, 0.1) is 22.7 Å². The Morgan fingerprint density at radius 3 is 2.53 bits per heavy atom. The van der Waals surface area contributed by atoms with Crippen LogP contribution in [0.1, 0.15) is 48.3 Å². The van der Waals surface area contributed by atoms with Crippen LogP contribution >= 0.6 is 0 Å². The van der Waals surface area contributed by atoms with Crippen molar-refractivity contribution in [2.45, 2.75) is 45.2 Å². The van der Waals surface area contributed by atoms with E-state index in [4.69, 9.17) is 5.26 Å². The van der Waals surface area contributed by atoms with Crippen molar-refractivity contribution in [1.82, 2.24) is 15.0 Å². The maximum atomic E-state index is 14.9. The first-order chi connectivity index (χ1) is 14.3. The van der Waals surface area contributed by atoms with Gasteiger partial charge in [-0.1, -0.05) is 19.9 Å². The lowest BCUT2D eigenvalue weighted by Crippen LogP contribution is -2.45. The third-order valence-corrected chi connectivity index (χ3v) is 5.96. The van der Waals surface area contributed by atoms with Gasteiger partial charge < -0.3 is 9.97 Å². The first-order valence-electron chi connectivity index (χ1n) is 9.84. The Morgan fingerprint density at radius 2 is 1.90 bits per heavy atom. The predicted octanol–water partition coefficient (Wildman–Crippen LogP) is 6.05. The summed E-state index contributed by atoms with van der Waals surface area (Å²) in [6.07, 6.45) is -2.65. The van der Waals surface area contributed by atoms with Crippen LogP contribution in [0.3, 0.4) is 0 Å². The summed E-state index contributed by atoms with van der Waals surface area (Å²) in [5.41, 5.74) is 1.38. The van der Waals surface area contributed by atoms with Gasteiger partial charge in [-0.25, -0.2) is 4.98 Å². The maximum Gasteiger partial charge on any atom is 0.405 e. The summed E-state index contributed by atoms with van der Waals surface area (Å²) in [6, 6.07) is 10.2. The van der Waals surface area contributed by atoms with E-state index in [1.807, 2.05) is 26.0 Å². The lowest BCUT2D eigenvalue weighted by Gasteiger charge is -2.36. The molecule has 0 aliphatic heterocycles. The molecule has 4 aromatic rings. The van der Waals surface area contributed by atoms with Gasteiger partial charge in [0.15, 0.2) is 0 Å². The fourth-order valence-electron chi connectivity index (χ4n) is 4.49. The van der Waals surface area contributed by atoms with Crippen molar-refractivity contribution in [1.29, 1.82) is 5.26 Å². The second kappa shape index (κ2) is 6.91. The average molecular weight is 410 g/mol. The van der Waals surface area contributed by atoms with Gasteiger partial charge in [-0.05, 0) is 60.7 Å². The van der Waals surface area contributed by atoms with Gasteiger partial charge >= 0.3 is 6.18 Å². The number of rotatable bonds is 4. The standard InChI is InChI=1S/C23H21F3N4/c1-4-15-10-13(3)20-16(8-9-28-20)19(15)22(5-2,23(24,25)26)21-29-17-7-6-14(12-27)11-18(17)30-21/h6-11,28H,4-5H2,1-3H3,(H,29,30). The molecule has 4 nitrogen and oxygen atoms in total. The van der Waals surface area contributed by atoms with E-state index in [1.54, 1.807) is 31.3 Å². The number of fused-ring (bicyclic) bond motifs is 2. The summed E-state index contributed by atoms with van der Waals surface area (Å²) in [7, 11) is 0. The van der Waals surface area contributed by atoms with Crippen molar-refractivity contribution in [2.75, 3.05) is 0 Å². The van der Waals surface area contributed by atoms with Gasteiger partial charge in [-0.15, -0.1) is 0 Å². The Hall–Kier alpha value is -3.27. The van der Waals surface area contributed by atoms with E-state index >= 15 is 0 Å². The summed E-state index contributed by atoms with van der Waals surface area (Å²) in [5, 5.41) is 9.70. The van der Waals surface area contributed by atoms with Gasteiger partial charge in [0.1, 0.15) is 11.2 Å². The second-order valence-corrected chi connectivity index (χ2v) is 7.53. The molecule has 0 aliphatic rings. The zero-order valence-corrected chi connectivity index (χ0v) is 16.9. The molecule has 0 fully saturated rings. The van der Waals surface area contributed by atoms with Gasteiger partial charge in [-0.2, -0.15) is 18.4 Å². The van der Waals surface area contributed by atoms with Crippen LogP contribution in [0.25, 0.3) is 21.9 Å². The van der Waals surface area contributed by atoms with Crippen molar-refractivity contribution in [2.24, 2.45) is 0 Å². The van der Waals surface area contributed by atoms with Crippen molar-refractivity contribution < 1.29 is 13.2 Å². The predicted molar refractivity (Wildman–Crippen MR) is 110 cm³/mol. The quantitative estimate of drug-likeness (QED) is 0.430. The number of benzene rings is 2. The van der Waals surface area contributed by atoms with E-state index in [-0.39, 0.29) is 17.8 Å². The number of hydrogen-bond donors (Lipinski definition) is 2. The molecule has 154 valence electrons. The fraction of sp³-hybridized carbons (Fsp3) is 0.304. The van der Waals surface area contributed by atoms with Crippen LogP contribution in [0.15, 0.2) is 36.5 Å². The number of aryl methyl sites for hydroxylation is 2. The lowest BCUT2D eigenvalue weighted by atomic mass is 9.72. The van der Waals surface area contributed by atoms with E-state index in [1.165, 1.54) is 6.07 Å². The molecular formula is C23H21F3N4. The van der Waals surface area contributed by atoms with Gasteiger partial charge in [-0.3, -0.25) is 0 Å². The molecule has 4 rings (SSSR count). The van der Waals surface area contributed by atoms with Gasteiger partial charge in [0, 0.05) is 17.1 Å². The van der Waals surface area contributed by atoms with Crippen LogP contribution in [-0.2, 0) is 11.8 Å². The smallest absolute Gasteiger partial charge is 0.361 e. The van der Waals surface area contributed by atoms with Crippen molar-refractivity contribution >= 4 is 21.9 Å². The second-order valence-electron chi connectivity index (χ2n) is 7.53. The third kappa shape index (κ3) is 2.71. The zero-order chi connectivity index (χ0) is 21.7. The van der Waals surface area contributed by atoms with Crippen LogP contribution in [0.2, 0.25) is 0 Å². The number of nitrogens with zero attached hydrogens (tertiary/aromatic N) is 2. The monoisotopic (exact) mass is 410 g/mol. The van der Waals surface area contributed by atoms with E-state index in [0.29, 0.717) is 39.5 Å². The first-order valence-corrected chi connectivity index (χ1v) is 9.84. The molecular weight excluding hydrogens is 389 g/mol. The van der Waals surface area contributed by atoms with E-state index < -0.39 is 11.6 Å². The molecule has 0 spiro atoms. The highest BCUT2D eigenvalue weighted by Crippen LogP contribution is 2.51. The molecule has 0 amide bonds. The number of alkyl halides is 3. The summed E-state index contributed by atoms with van der Waals surface area (Å²) < 4.78 is 44.8. The van der Waals surface area contributed by atoms with Crippen LogP contribution in [0.5, 0.6) is 0 Å². The Labute approximate surface area is 171 Å². The van der Waals surface area contributed by atoms with E-state index in [2.05, 4.69) is 15.0 Å². The summed E-state index contributed by atoms with van der Waals surface area (Å²) >= 11 is 0. The number of H-pyrrole nitrogens is 2. The summed E-state index contributed by atoms with van der Waals surface area (Å²) in [6.45, 7) is 5.30.